The Morgan fingerprint density at radius 3 is 2.75 bits per heavy atom. The second-order valence-corrected chi connectivity index (χ2v) is 4.50. The maximum absolute atomic E-state index is 6.17. The Bertz CT molecular complexity index is 495. The molecule has 7 heteroatoms. The molecular formula is C13H18ClN3O2S. The Kier molecular flexibility index (Phi) is 7.11. The SMILES string of the molecule is CCNC(=S)NN=Cc1cc(OC)c(OCC)cc1Cl. The summed E-state index contributed by atoms with van der Waals surface area (Å²) in [4.78, 5) is 0. The third-order valence-electron chi connectivity index (χ3n) is 2.29. The first-order chi connectivity index (χ1) is 9.62. The summed E-state index contributed by atoms with van der Waals surface area (Å²) in [6.45, 7) is 5.12. The van der Waals surface area contributed by atoms with Crippen LogP contribution in [0.5, 0.6) is 11.5 Å². The van der Waals surface area contributed by atoms with E-state index in [9.17, 15) is 0 Å². The number of benzene rings is 1. The van der Waals surface area contributed by atoms with Gasteiger partial charge in [0.2, 0.25) is 0 Å². The molecule has 0 aliphatic rings. The van der Waals surface area contributed by atoms with E-state index in [1.165, 1.54) is 0 Å². The number of hydrogen-bond acceptors (Lipinski definition) is 4. The van der Waals surface area contributed by atoms with Gasteiger partial charge in [0.25, 0.3) is 0 Å². The highest BCUT2D eigenvalue weighted by atomic mass is 35.5. The quantitative estimate of drug-likeness (QED) is 0.480. The maximum atomic E-state index is 6.17. The van der Waals surface area contributed by atoms with Gasteiger partial charge in [-0.3, -0.25) is 5.43 Å². The van der Waals surface area contributed by atoms with Crippen molar-refractivity contribution in [2.24, 2.45) is 5.10 Å². The average Bonchev–Trinajstić information content (AvgIpc) is 2.42. The Hall–Kier alpha value is -1.53. The van der Waals surface area contributed by atoms with Crippen LogP contribution in [0.3, 0.4) is 0 Å². The summed E-state index contributed by atoms with van der Waals surface area (Å²) >= 11 is 11.2. The third-order valence-corrected chi connectivity index (χ3v) is 2.85. The van der Waals surface area contributed by atoms with Gasteiger partial charge >= 0.3 is 0 Å². The van der Waals surface area contributed by atoms with Crippen molar-refractivity contribution in [2.45, 2.75) is 13.8 Å². The minimum Gasteiger partial charge on any atom is -0.493 e. The monoisotopic (exact) mass is 315 g/mol. The van der Waals surface area contributed by atoms with Crippen LogP contribution in [-0.4, -0.2) is 31.6 Å². The van der Waals surface area contributed by atoms with Crippen LogP contribution in [0.25, 0.3) is 0 Å². The molecule has 0 aromatic heterocycles. The second kappa shape index (κ2) is 8.60. The molecule has 0 atom stereocenters. The average molecular weight is 316 g/mol. The van der Waals surface area contributed by atoms with E-state index in [0.29, 0.717) is 33.8 Å². The van der Waals surface area contributed by atoms with E-state index in [1.54, 1.807) is 25.5 Å². The van der Waals surface area contributed by atoms with Crippen LogP contribution in [0.1, 0.15) is 19.4 Å². The molecule has 1 aromatic carbocycles. The molecule has 1 rings (SSSR count). The van der Waals surface area contributed by atoms with Crippen LogP contribution in [0.2, 0.25) is 5.02 Å². The first-order valence-corrected chi connectivity index (χ1v) is 6.98. The van der Waals surface area contributed by atoms with Crippen molar-refractivity contribution >= 4 is 35.1 Å². The number of rotatable bonds is 6. The van der Waals surface area contributed by atoms with Gasteiger partial charge < -0.3 is 14.8 Å². The zero-order valence-corrected chi connectivity index (χ0v) is 13.3. The van der Waals surface area contributed by atoms with Gasteiger partial charge in [-0.25, -0.2) is 0 Å². The van der Waals surface area contributed by atoms with E-state index >= 15 is 0 Å². The van der Waals surface area contributed by atoms with Crippen LogP contribution in [0.4, 0.5) is 0 Å². The zero-order valence-electron chi connectivity index (χ0n) is 11.7. The highest BCUT2D eigenvalue weighted by Gasteiger charge is 2.09. The zero-order chi connectivity index (χ0) is 15.0. The Balaban J connectivity index is 2.85. The molecule has 0 aliphatic carbocycles. The number of nitrogens with one attached hydrogen (secondary N) is 2. The van der Waals surface area contributed by atoms with E-state index in [0.717, 1.165) is 6.54 Å². The highest BCUT2D eigenvalue weighted by molar-refractivity contribution is 7.80. The van der Waals surface area contributed by atoms with Crippen LogP contribution in [-0.2, 0) is 0 Å². The van der Waals surface area contributed by atoms with Crippen molar-refractivity contribution in [2.75, 3.05) is 20.3 Å². The second-order valence-electron chi connectivity index (χ2n) is 3.69. The van der Waals surface area contributed by atoms with E-state index in [4.69, 9.17) is 33.3 Å². The summed E-state index contributed by atoms with van der Waals surface area (Å²) in [5, 5.41) is 7.91. The number of ether oxygens (including phenoxy) is 2. The summed E-state index contributed by atoms with van der Waals surface area (Å²) in [5.74, 6) is 1.21. The smallest absolute Gasteiger partial charge is 0.186 e. The van der Waals surface area contributed by atoms with E-state index < -0.39 is 0 Å². The van der Waals surface area contributed by atoms with Crippen LogP contribution < -0.4 is 20.2 Å². The van der Waals surface area contributed by atoms with Crippen molar-refractivity contribution in [3.8, 4) is 11.5 Å². The molecule has 0 aliphatic heterocycles. The lowest BCUT2D eigenvalue weighted by molar-refractivity contribution is 0.311. The topological polar surface area (TPSA) is 54.9 Å². The fraction of sp³-hybridized carbons (Fsp3) is 0.385. The summed E-state index contributed by atoms with van der Waals surface area (Å²) < 4.78 is 10.7. The molecule has 0 saturated carbocycles. The van der Waals surface area contributed by atoms with Crippen molar-refractivity contribution in [1.82, 2.24) is 10.7 Å². The number of methoxy groups -OCH3 is 1. The van der Waals surface area contributed by atoms with Crippen molar-refractivity contribution in [1.29, 1.82) is 0 Å². The number of thiocarbonyl (C=S) groups is 1. The molecule has 0 heterocycles. The lowest BCUT2D eigenvalue weighted by atomic mass is 10.2. The Morgan fingerprint density at radius 2 is 2.15 bits per heavy atom. The number of hydrogen-bond donors (Lipinski definition) is 2. The van der Waals surface area contributed by atoms with Crippen LogP contribution in [0, 0.1) is 0 Å². The lowest BCUT2D eigenvalue weighted by Crippen LogP contribution is -2.31. The summed E-state index contributed by atoms with van der Waals surface area (Å²) in [5.41, 5.74) is 3.40. The molecule has 0 unspecified atom stereocenters. The molecule has 0 spiro atoms. The molecule has 0 amide bonds. The van der Waals surface area contributed by atoms with Crippen LogP contribution in [0.15, 0.2) is 17.2 Å². The minimum atomic E-state index is 0.456. The van der Waals surface area contributed by atoms with Gasteiger partial charge in [0, 0.05) is 18.2 Å². The molecule has 2 N–H and O–H groups in total. The van der Waals surface area contributed by atoms with Gasteiger partial charge in [-0.05, 0) is 32.1 Å². The molecule has 0 bridgehead atoms. The van der Waals surface area contributed by atoms with E-state index in [-0.39, 0.29) is 0 Å². The highest BCUT2D eigenvalue weighted by Crippen LogP contribution is 2.32. The van der Waals surface area contributed by atoms with Crippen molar-refractivity contribution < 1.29 is 9.47 Å². The molecule has 0 radical (unpaired) electrons. The van der Waals surface area contributed by atoms with E-state index in [1.807, 2.05) is 13.8 Å². The van der Waals surface area contributed by atoms with Crippen molar-refractivity contribution in [3.05, 3.63) is 22.7 Å². The number of hydrazone groups is 1. The Morgan fingerprint density at radius 1 is 1.40 bits per heavy atom. The molecule has 1 aromatic rings. The third kappa shape index (κ3) is 4.86. The lowest BCUT2D eigenvalue weighted by Gasteiger charge is -2.11. The Labute approximate surface area is 129 Å². The fourth-order valence-electron chi connectivity index (χ4n) is 1.44. The van der Waals surface area contributed by atoms with Crippen LogP contribution >= 0.6 is 23.8 Å². The number of nitrogens with zero attached hydrogens (tertiary/aromatic N) is 1. The van der Waals surface area contributed by atoms with Gasteiger partial charge in [0.05, 0.1) is 25.0 Å². The van der Waals surface area contributed by atoms with Gasteiger partial charge in [0.15, 0.2) is 16.6 Å². The first-order valence-electron chi connectivity index (χ1n) is 6.19. The molecule has 110 valence electrons. The van der Waals surface area contributed by atoms with Gasteiger partial charge in [-0.15, -0.1) is 0 Å². The normalized spacial score (nSPS) is 10.4. The molecule has 20 heavy (non-hydrogen) atoms. The first kappa shape index (κ1) is 16.5. The largest absolute Gasteiger partial charge is 0.493 e. The van der Waals surface area contributed by atoms with Crippen molar-refractivity contribution in [3.63, 3.8) is 0 Å². The summed E-state index contributed by atoms with van der Waals surface area (Å²) in [6.07, 6.45) is 1.57. The van der Waals surface area contributed by atoms with E-state index in [2.05, 4.69) is 15.8 Å². The predicted octanol–water partition coefficient (Wildman–Crippen LogP) is 2.57. The minimum absolute atomic E-state index is 0.456. The molecule has 0 saturated heterocycles. The van der Waals surface area contributed by atoms with Gasteiger partial charge in [0.1, 0.15) is 0 Å². The maximum Gasteiger partial charge on any atom is 0.186 e. The summed E-state index contributed by atoms with van der Waals surface area (Å²) in [6, 6.07) is 3.46. The fourth-order valence-corrected chi connectivity index (χ4v) is 1.84. The van der Waals surface area contributed by atoms with Gasteiger partial charge in [-0.2, -0.15) is 5.10 Å². The molecule has 0 fully saturated rings. The summed E-state index contributed by atoms with van der Waals surface area (Å²) in [7, 11) is 1.57. The standard InChI is InChI=1S/C13H18ClN3O2S/c1-4-15-13(20)17-16-8-9-6-11(18-3)12(19-5-2)7-10(9)14/h6-8H,4-5H2,1-3H3,(H2,15,17,20). The predicted molar refractivity (Wildman–Crippen MR) is 86.2 cm³/mol. The molecule has 5 nitrogen and oxygen atoms in total. The van der Waals surface area contributed by atoms with Gasteiger partial charge in [-0.1, -0.05) is 11.6 Å². The number of halogens is 1. The molecular weight excluding hydrogens is 298 g/mol.